The van der Waals surface area contributed by atoms with Crippen molar-refractivity contribution in [2.75, 3.05) is 6.54 Å². The van der Waals surface area contributed by atoms with Crippen molar-refractivity contribution in [2.24, 2.45) is 0 Å². The molecule has 1 aliphatic heterocycles. The molecule has 72 valence electrons. The number of aliphatic hydroxyl groups is 1. The van der Waals surface area contributed by atoms with E-state index in [1.54, 1.807) is 0 Å². The lowest BCUT2D eigenvalue weighted by Gasteiger charge is -2.03. The molecule has 1 amide bonds. The topological polar surface area (TPSA) is 73.2 Å². The van der Waals surface area contributed by atoms with Crippen molar-refractivity contribution in [1.29, 1.82) is 5.41 Å². The van der Waals surface area contributed by atoms with E-state index in [9.17, 15) is 9.90 Å². The number of amides is 1. The van der Waals surface area contributed by atoms with Crippen LogP contribution >= 0.6 is 0 Å². The highest BCUT2D eigenvalue weighted by molar-refractivity contribution is 6.11. The fourth-order valence-electron chi connectivity index (χ4n) is 1.31. The van der Waals surface area contributed by atoms with Gasteiger partial charge in [-0.25, -0.2) is 0 Å². The van der Waals surface area contributed by atoms with Crippen LogP contribution in [0.15, 0.2) is 11.3 Å². The van der Waals surface area contributed by atoms with Gasteiger partial charge < -0.3 is 15.8 Å². The molecule has 0 unspecified atom stereocenters. The zero-order chi connectivity index (χ0) is 9.68. The van der Waals surface area contributed by atoms with Crippen molar-refractivity contribution in [2.45, 2.75) is 25.7 Å². The third kappa shape index (κ3) is 2.57. The Morgan fingerprint density at radius 3 is 2.85 bits per heavy atom. The minimum Gasteiger partial charge on any atom is -0.511 e. The molecular formula is C9H14N2O2. The normalized spacial score (nSPS) is 25.4. The van der Waals surface area contributed by atoms with Gasteiger partial charge in [-0.3, -0.25) is 4.79 Å². The van der Waals surface area contributed by atoms with Gasteiger partial charge in [0.15, 0.2) is 0 Å². The second kappa shape index (κ2) is 4.64. The van der Waals surface area contributed by atoms with E-state index < -0.39 is 0 Å². The highest BCUT2D eigenvalue weighted by Crippen LogP contribution is 2.11. The number of allylic oxidation sites excluding steroid dienone is 1. The number of hydrogen-bond acceptors (Lipinski definition) is 3. The first-order chi connectivity index (χ1) is 6.25. The van der Waals surface area contributed by atoms with Crippen molar-refractivity contribution in [3.8, 4) is 0 Å². The van der Waals surface area contributed by atoms with Crippen LogP contribution in [0, 0.1) is 5.41 Å². The Bertz CT molecular complexity index is 246. The lowest BCUT2D eigenvalue weighted by atomic mass is 10.1. The third-order valence-corrected chi connectivity index (χ3v) is 2.08. The van der Waals surface area contributed by atoms with Crippen LogP contribution in [-0.2, 0) is 4.79 Å². The van der Waals surface area contributed by atoms with Gasteiger partial charge in [0.25, 0.3) is 5.91 Å². The quantitative estimate of drug-likeness (QED) is 0.532. The average Bonchev–Trinajstić information content (AvgIpc) is 2.17. The van der Waals surface area contributed by atoms with Crippen molar-refractivity contribution in [1.82, 2.24) is 5.32 Å². The second-order valence-corrected chi connectivity index (χ2v) is 3.07. The molecule has 0 spiro atoms. The van der Waals surface area contributed by atoms with Crippen LogP contribution in [0.5, 0.6) is 0 Å². The first-order valence-electron chi connectivity index (χ1n) is 4.46. The summed E-state index contributed by atoms with van der Waals surface area (Å²) in [5.41, 5.74) is 0.0990. The van der Waals surface area contributed by atoms with Gasteiger partial charge in [-0.15, -0.1) is 0 Å². The molecule has 13 heavy (non-hydrogen) atoms. The summed E-state index contributed by atoms with van der Waals surface area (Å²) >= 11 is 0. The Balaban J connectivity index is 2.81. The number of carbonyl (C=O) groups is 1. The van der Waals surface area contributed by atoms with E-state index in [0.29, 0.717) is 13.0 Å². The fraction of sp³-hybridized carbons (Fsp3) is 0.556. The Hall–Kier alpha value is -1.32. The Labute approximate surface area is 77.2 Å². The molecule has 0 saturated carbocycles. The fourth-order valence-corrected chi connectivity index (χ4v) is 1.31. The van der Waals surface area contributed by atoms with Crippen molar-refractivity contribution in [3.63, 3.8) is 0 Å². The van der Waals surface area contributed by atoms with E-state index in [1.807, 2.05) is 0 Å². The Morgan fingerprint density at radius 2 is 2.15 bits per heavy atom. The predicted octanol–water partition coefficient (Wildman–Crippen LogP) is 1.14. The Kier molecular flexibility index (Phi) is 3.49. The van der Waals surface area contributed by atoms with Crippen molar-refractivity contribution < 1.29 is 9.90 Å². The standard InChI is InChI=1S/C9H14N2O2/c10-6-7-8(12)4-2-1-3-5-11-9(7)13/h6,10,12H,1-5H2,(H,11,13)/b8-7+,10-6?. The average molecular weight is 182 g/mol. The largest absolute Gasteiger partial charge is 0.511 e. The summed E-state index contributed by atoms with van der Waals surface area (Å²) in [4.78, 5) is 11.3. The van der Waals surface area contributed by atoms with Gasteiger partial charge in [-0.05, 0) is 12.8 Å². The molecule has 0 fully saturated rings. The molecule has 0 saturated heterocycles. The summed E-state index contributed by atoms with van der Waals surface area (Å²) in [6, 6.07) is 0. The summed E-state index contributed by atoms with van der Waals surface area (Å²) in [6.45, 7) is 0.628. The molecular weight excluding hydrogens is 168 g/mol. The summed E-state index contributed by atoms with van der Waals surface area (Å²) in [5, 5.41) is 19.1. The molecule has 0 aromatic carbocycles. The maximum absolute atomic E-state index is 11.3. The van der Waals surface area contributed by atoms with E-state index in [2.05, 4.69) is 5.32 Å². The van der Waals surface area contributed by atoms with Gasteiger partial charge in [-0.2, -0.15) is 0 Å². The van der Waals surface area contributed by atoms with Gasteiger partial charge in [0, 0.05) is 19.2 Å². The van der Waals surface area contributed by atoms with E-state index in [-0.39, 0.29) is 17.2 Å². The van der Waals surface area contributed by atoms with Crippen molar-refractivity contribution in [3.05, 3.63) is 11.3 Å². The van der Waals surface area contributed by atoms with E-state index in [4.69, 9.17) is 5.41 Å². The van der Waals surface area contributed by atoms with Crippen LogP contribution in [0.1, 0.15) is 25.7 Å². The van der Waals surface area contributed by atoms with Gasteiger partial charge in [0.05, 0.1) is 5.57 Å². The maximum Gasteiger partial charge on any atom is 0.256 e. The minimum absolute atomic E-state index is 0.0365. The van der Waals surface area contributed by atoms with Crippen LogP contribution < -0.4 is 5.32 Å². The number of carbonyl (C=O) groups excluding carboxylic acids is 1. The highest BCUT2D eigenvalue weighted by Gasteiger charge is 2.13. The van der Waals surface area contributed by atoms with Gasteiger partial charge in [-0.1, -0.05) is 6.42 Å². The maximum atomic E-state index is 11.3. The third-order valence-electron chi connectivity index (χ3n) is 2.08. The molecule has 1 heterocycles. The van der Waals surface area contributed by atoms with Crippen molar-refractivity contribution >= 4 is 12.1 Å². The lowest BCUT2D eigenvalue weighted by molar-refractivity contribution is -0.117. The van der Waals surface area contributed by atoms with E-state index >= 15 is 0 Å². The molecule has 0 aliphatic carbocycles. The second-order valence-electron chi connectivity index (χ2n) is 3.07. The SMILES string of the molecule is N=C/C1=C(\O)CCCCCNC1=O. The summed E-state index contributed by atoms with van der Waals surface area (Å²) in [7, 11) is 0. The molecule has 0 aromatic heterocycles. The number of nitrogens with one attached hydrogen (secondary N) is 2. The highest BCUT2D eigenvalue weighted by atomic mass is 16.3. The molecule has 1 aliphatic rings. The van der Waals surface area contributed by atoms with E-state index in [1.165, 1.54) is 0 Å². The summed E-state index contributed by atoms with van der Waals surface area (Å²) in [5.74, 6) is -0.302. The van der Waals surface area contributed by atoms with E-state index in [0.717, 1.165) is 25.5 Å². The lowest BCUT2D eigenvalue weighted by Crippen LogP contribution is -2.26. The molecule has 4 heteroatoms. The number of rotatable bonds is 1. The first-order valence-corrected chi connectivity index (χ1v) is 4.46. The zero-order valence-corrected chi connectivity index (χ0v) is 7.47. The molecule has 1 rings (SSSR count). The van der Waals surface area contributed by atoms with Gasteiger partial charge in [0.2, 0.25) is 0 Å². The molecule has 0 radical (unpaired) electrons. The molecule has 3 N–H and O–H groups in total. The molecule has 4 nitrogen and oxygen atoms in total. The van der Waals surface area contributed by atoms with Gasteiger partial charge in [0.1, 0.15) is 5.76 Å². The minimum atomic E-state index is -0.339. The monoisotopic (exact) mass is 182 g/mol. The summed E-state index contributed by atoms with van der Waals surface area (Å²) in [6.07, 6.45) is 4.21. The number of aliphatic hydroxyl groups excluding tert-OH is 1. The van der Waals surface area contributed by atoms with Crippen LogP contribution in [-0.4, -0.2) is 23.8 Å². The molecule has 0 atom stereocenters. The molecule has 0 bridgehead atoms. The molecule has 0 aromatic rings. The zero-order valence-electron chi connectivity index (χ0n) is 7.47. The van der Waals surface area contributed by atoms with Gasteiger partial charge >= 0.3 is 0 Å². The number of hydrogen-bond donors (Lipinski definition) is 3. The van der Waals surface area contributed by atoms with Crippen LogP contribution in [0.2, 0.25) is 0 Å². The van der Waals surface area contributed by atoms with Crippen LogP contribution in [0.3, 0.4) is 0 Å². The first kappa shape index (κ1) is 9.77. The Morgan fingerprint density at radius 1 is 1.38 bits per heavy atom. The summed E-state index contributed by atoms with van der Waals surface area (Å²) < 4.78 is 0. The van der Waals surface area contributed by atoms with Crippen LogP contribution in [0.4, 0.5) is 0 Å². The smallest absolute Gasteiger partial charge is 0.256 e. The predicted molar refractivity (Wildman–Crippen MR) is 49.9 cm³/mol. The van der Waals surface area contributed by atoms with Crippen LogP contribution in [0.25, 0.3) is 0 Å².